The van der Waals surface area contributed by atoms with Crippen LogP contribution in [0.3, 0.4) is 0 Å². The molecule has 1 amide bonds. The number of nitrogens with two attached hydrogens (primary N) is 1. The first kappa shape index (κ1) is 14.9. The summed E-state index contributed by atoms with van der Waals surface area (Å²) < 4.78 is 10.5. The van der Waals surface area contributed by atoms with Crippen LogP contribution in [0.4, 0.5) is 0 Å². The molecule has 1 aromatic rings. The third-order valence-electron chi connectivity index (χ3n) is 2.23. The molecule has 1 aromatic carbocycles. The normalized spacial score (nSPS) is 10.7. The highest BCUT2D eigenvalue weighted by molar-refractivity contribution is 6.32. The number of amides is 1. The molecular formula is C13H13ClN2O3. The number of nitrogens with zero attached hydrogens (tertiary/aromatic N) is 1. The van der Waals surface area contributed by atoms with E-state index in [-0.39, 0.29) is 5.57 Å². The van der Waals surface area contributed by atoms with Crippen LogP contribution in [-0.2, 0) is 4.79 Å². The van der Waals surface area contributed by atoms with Gasteiger partial charge in [-0.25, -0.2) is 0 Å². The van der Waals surface area contributed by atoms with Crippen molar-refractivity contribution in [2.45, 2.75) is 6.92 Å². The van der Waals surface area contributed by atoms with Gasteiger partial charge in [-0.05, 0) is 30.7 Å². The van der Waals surface area contributed by atoms with E-state index in [9.17, 15) is 4.79 Å². The molecular weight excluding hydrogens is 268 g/mol. The topological polar surface area (TPSA) is 85.3 Å². The lowest BCUT2D eigenvalue weighted by molar-refractivity contribution is -0.114. The van der Waals surface area contributed by atoms with Crippen molar-refractivity contribution in [1.29, 1.82) is 5.26 Å². The molecule has 0 aliphatic carbocycles. The molecule has 0 radical (unpaired) electrons. The van der Waals surface area contributed by atoms with Crippen LogP contribution >= 0.6 is 11.6 Å². The van der Waals surface area contributed by atoms with Gasteiger partial charge in [-0.2, -0.15) is 5.26 Å². The van der Waals surface area contributed by atoms with Gasteiger partial charge in [-0.15, -0.1) is 0 Å². The van der Waals surface area contributed by atoms with E-state index in [1.807, 2.05) is 6.92 Å². The second-order valence-corrected chi connectivity index (χ2v) is 3.91. The molecule has 2 N–H and O–H groups in total. The Morgan fingerprint density at radius 2 is 2.26 bits per heavy atom. The van der Waals surface area contributed by atoms with Gasteiger partial charge in [-0.3, -0.25) is 4.79 Å². The first-order valence-electron chi connectivity index (χ1n) is 5.45. The zero-order valence-corrected chi connectivity index (χ0v) is 11.3. The summed E-state index contributed by atoms with van der Waals surface area (Å²) in [6, 6.07) is 4.90. The van der Waals surface area contributed by atoms with Crippen molar-refractivity contribution in [1.82, 2.24) is 0 Å². The minimum atomic E-state index is -0.799. The maximum Gasteiger partial charge on any atom is 0.259 e. The predicted octanol–water partition coefficient (Wildman–Crippen LogP) is 2.14. The van der Waals surface area contributed by atoms with Gasteiger partial charge in [0.15, 0.2) is 11.5 Å². The molecule has 0 aliphatic rings. The molecule has 0 aromatic heterocycles. The zero-order valence-electron chi connectivity index (χ0n) is 10.6. The number of carbonyl (C=O) groups excluding carboxylic acids is 1. The molecule has 0 fully saturated rings. The van der Waals surface area contributed by atoms with Gasteiger partial charge in [0.1, 0.15) is 11.6 Å². The highest BCUT2D eigenvalue weighted by Crippen LogP contribution is 2.36. The van der Waals surface area contributed by atoms with Crippen molar-refractivity contribution in [3.05, 3.63) is 28.3 Å². The lowest BCUT2D eigenvalue weighted by Crippen LogP contribution is -2.12. The molecule has 0 heterocycles. The van der Waals surface area contributed by atoms with Crippen molar-refractivity contribution < 1.29 is 14.3 Å². The highest BCUT2D eigenvalue weighted by atomic mass is 35.5. The summed E-state index contributed by atoms with van der Waals surface area (Å²) >= 11 is 6.04. The molecule has 0 aliphatic heterocycles. The maximum absolute atomic E-state index is 11.0. The summed E-state index contributed by atoms with van der Waals surface area (Å²) in [5, 5.41) is 9.11. The van der Waals surface area contributed by atoms with Gasteiger partial charge in [0.05, 0.1) is 18.7 Å². The Kier molecular flexibility index (Phi) is 5.22. The lowest BCUT2D eigenvalue weighted by atomic mass is 10.1. The number of nitriles is 1. The van der Waals surface area contributed by atoms with Crippen LogP contribution in [0, 0.1) is 11.3 Å². The summed E-state index contributed by atoms with van der Waals surface area (Å²) in [4.78, 5) is 11.0. The van der Waals surface area contributed by atoms with Crippen LogP contribution in [0.2, 0.25) is 5.02 Å². The smallest absolute Gasteiger partial charge is 0.259 e. The first-order valence-corrected chi connectivity index (χ1v) is 5.83. The Hall–Kier alpha value is -2.19. The summed E-state index contributed by atoms with van der Waals surface area (Å²) in [5.74, 6) is 0.0381. The molecule has 0 bridgehead atoms. The van der Waals surface area contributed by atoms with Gasteiger partial charge in [0, 0.05) is 0 Å². The van der Waals surface area contributed by atoms with Crippen LogP contribution < -0.4 is 15.2 Å². The van der Waals surface area contributed by atoms with Gasteiger partial charge in [0.2, 0.25) is 0 Å². The number of ether oxygens (including phenoxy) is 2. The zero-order chi connectivity index (χ0) is 14.4. The number of primary amides is 1. The van der Waals surface area contributed by atoms with E-state index < -0.39 is 5.91 Å². The standard InChI is InChI=1S/C13H13ClN2O3/c1-3-19-11-6-8(4-9(7-15)13(16)17)5-10(14)12(11)18-2/h4-6H,3H2,1-2H3,(H2,16,17)/b9-4+. The molecule has 5 nitrogen and oxygen atoms in total. The molecule has 0 unspecified atom stereocenters. The molecule has 0 atom stereocenters. The average molecular weight is 281 g/mol. The lowest BCUT2D eigenvalue weighted by Gasteiger charge is -2.11. The van der Waals surface area contributed by atoms with Crippen LogP contribution in [0.1, 0.15) is 12.5 Å². The fraction of sp³-hybridized carbons (Fsp3) is 0.231. The number of halogens is 1. The number of methoxy groups -OCH3 is 1. The number of hydrogen-bond acceptors (Lipinski definition) is 4. The third kappa shape index (κ3) is 3.63. The quantitative estimate of drug-likeness (QED) is 0.661. The minimum absolute atomic E-state index is 0.163. The Balaban J connectivity index is 3.32. The summed E-state index contributed by atoms with van der Waals surface area (Å²) in [7, 11) is 1.48. The third-order valence-corrected chi connectivity index (χ3v) is 2.51. The van der Waals surface area contributed by atoms with Gasteiger partial charge in [0.25, 0.3) is 5.91 Å². The molecule has 6 heteroatoms. The van der Waals surface area contributed by atoms with E-state index in [4.69, 9.17) is 32.1 Å². The Morgan fingerprint density at radius 3 is 2.74 bits per heavy atom. The number of hydrogen-bond donors (Lipinski definition) is 1. The van der Waals surface area contributed by atoms with Crippen LogP contribution in [0.15, 0.2) is 17.7 Å². The number of rotatable bonds is 5. The molecule has 0 spiro atoms. The summed E-state index contributed by atoms with van der Waals surface area (Å²) in [5.41, 5.74) is 5.44. The van der Waals surface area contributed by atoms with Crippen molar-refractivity contribution in [3.8, 4) is 17.6 Å². The van der Waals surface area contributed by atoms with E-state index >= 15 is 0 Å². The fourth-order valence-electron chi connectivity index (χ4n) is 1.46. The SMILES string of the molecule is CCOc1cc(/C=C(\C#N)C(N)=O)cc(Cl)c1OC. The second kappa shape index (κ2) is 6.66. The van der Waals surface area contributed by atoms with E-state index in [1.54, 1.807) is 18.2 Å². The number of carbonyl (C=O) groups is 1. The van der Waals surface area contributed by atoms with E-state index in [0.717, 1.165) is 0 Å². The summed E-state index contributed by atoms with van der Waals surface area (Å²) in [6.07, 6.45) is 1.34. The van der Waals surface area contributed by atoms with Crippen molar-refractivity contribution in [3.63, 3.8) is 0 Å². The summed E-state index contributed by atoms with van der Waals surface area (Å²) in [6.45, 7) is 2.25. The Bertz CT molecular complexity index is 562. The first-order chi connectivity index (χ1) is 9.03. The van der Waals surface area contributed by atoms with Gasteiger partial charge in [-0.1, -0.05) is 11.6 Å². The van der Waals surface area contributed by atoms with Crippen LogP contribution in [0.25, 0.3) is 6.08 Å². The second-order valence-electron chi connectivity index (χ2n) is 3.50. The van der Waals surface area contributed by atoms with Crippen molar-refractivity contribution >= 4 is 23.6 Å². The van der Waals surface area contributed by atoms with Crippen LogP contribution in [0.5, 0.6) is 11.5 Å². The van der Waals surface area contributed by atoms with Gasteiger partial charge >= 0.3 is 0 Å². The predicted molar refractivity (Wildman–Crippen MR) is 72.0 cm³/mol. The van der Waals surface area contributed by atoms with Crippen LogP contribution in [-0.4, -0.2) is 19.6 Å². The fourth-order valence-corrected chi connectivity index (χ4v) is 1.75. The molecule has 19 heavy (non-hydrogen) atoms. The minimum Gasteiger partial charge on any atom is -0.491 e. The molecule has 100 valence electrons. The van der Waals surface area contributed by atoms with Crippen molar-refractivity contribution in [2.24, 2.45) is 5.73 Å². The van der Waals surface area contributed by atoms with E-state index in [0.29, 0.717) is 28.7 Å². The molecule has 0 saturated carbocycles. The molecule has 1 rings (SSSR count). The Morgan fingerprint density at radius 1 is 1.58 bits per heavy atom. The van der Waals surface area contributed by atoms with E-state index in [2.05, 4.69) is 0 Å². The Labute approximate surface area is 116 Å². The molecule has 0 saturated heterocycles. The van der Waals surface area contributed by atoms with E-state index in [1.165, 1.54) is 13.2 Å². The monoisotopic (exact) mass is 280 g/mol. The highest BCUT2D eigenvalue weighted by Gasteiger charge is 2.12. The number of benzene rings is 1. The van der Waals surface area contributed by atoms with Gasteiger partial charge < -0.3 is 15.2 Å². The maximum atomic E-state index is 11.0. The van der Waals surface area contributed by atoms with Crippen molar-refractivity contribution in [2.75, 3.05) is 13.7 Å². The largest absolute Gasteiger partial charge is 0.491 e. The average Bonchev–Trinajstić information content (AvgIpc) is 2.35.